The zero-order valence-electron chi connectivity index (χ0n) is 12.6. The summed E-state index contributed by atoms with van der Waals surface area (Å²) in [5, 5.41) is 9.79. The molecule has 7 heteroatoms. The van der Waals surface area contributed by atoms with Gasteiger partial charge in [0.05, 0.1) is 6.61 Å². The summed E-state index contributed by atoms with van der Waals surface area (Å²) in [5.41, 5.74) is 0. The van der Waals surface area contributed by atoms with Gasteiger partial charge in [0.15, 0.2) is 17.9 Å². The molecule has 2 aliphatic heterocycles. The van der Waals surface area contributed by atoms with Crippen molar-refractivity contribution in [3.63, 3.8) is 0 Å². The molecule has 118 valence electrons. The van der Waals surface area contributed by atoms with Crippen LogP contribution in [0, 0.1) is 0 Å². The maximum atomic E-state index is 9.79. The van der Waals surface area contributed by atoms with Gasteiger partial charge in [0.25, 0.3) is 0 Å². The van der Waals surface area contributed by atoms with Crippen LogP contribution in [0.5, 0.6) is 0 Å². The molecule has 0 aromatic heterocycles. The number of hydrogen-bond acceptors (Lipinski definition) is 7. The molecule has 1 N–H and O–H groups in total. The number of fused-ring (bicyclic) bond motifs is 1. The molecule has 2 saturated heterocycles. The second-order valence-corrected chi connectivity index (χ2v) is 5.87. The van der Waals surface area contributed by atoms with E-state index in [0.717, 1.165) is 0 Å². The predicted octanol–water partition coefficient (Wildman–Crippen LogP) is 0.597. The number of aliphatic hydroxyl groups excluding tert-OH is 1. The minimum absolute atomic E-state index is 0.0679. The molecule has 20 heavy (non-hydrogen) atoms. The van der Waals surface area contributed by atoms with Gasteiger partial charge >= 0.3 is 0 Å². The highest BCUT2D eigenvalue weighted by Crippen LogP contribution is 2.37. The third-order valence-electron chi connectivity index (χ3n) is 3.39. The van der Waals surface area contributed by atoms with E-state index in [1.807, 2.05) is 0 Å². The van der Waals surface area contributed by atoms with Gasteiger partial charge in [0.1, 0.15) is 25.1 Å². The molecule has 2 rings (SSSR count). The van der Waals surface area contributed by atoms with Gasteiger partial charge in [0, 0.05) is 7.11 Å². The first kappa shape index (κ1) is 16.1. The molecule has 0 bridgehead atoms. The zero-order valence-corrected chi connectivity index (χ0v) is 12.6. The van der Waals surface area contributed by atoms with E-state index in [2.05, 4.69) is 0 Å². The molecule has 2 heterocycles. The van der Waals surface area contributed by atoms with Crippen LogP contribution in [0.3, 0.4) is 0 Å². The van der Waals surface area contributed by atoms with Crippen LogP contribution in [0.2, 0.25) is 0 Å². The van der Waals surface area contributed by atoms with E-state index < -0.39 is 24.0 Å². The summed E-state index contributed by atoms with van der Waals surface area (Å²) in [6.07, 6.45) is -2.19. The molecule has 0 saturated carbocycles. The Hall–Kier alpha value is -0.280. The van der Waals surface area contributed by atoms with Crippen LogP contribution in [0.15, 0.2) is 0 Å². The van der Waals surface area contributed by atoms with Crippen LogP contribution in [0.4, 0.5) is 0 Å². The van der Waals surface area contributed by atoms with Crippen LogP contribution < -0.4 is 0 Å². The number of rotatable bonds is 6. The van der Waals surface area contributed by atoms with E-state index in [9.17, 15) is 5.11 Å². The largest absolute Gasteiger partial charge is 0.366 e. The first-order valence-electron chi connectivity index (χ1n) is 6.70. The SMILES string of the molecule is COC(C)(C)OCOC[C@H]1OC(O)[C@@H]2OC(C)(C)O[C@H]12. The third kappa shape index (κ3) is 3.67. The molecular formula is C13H24O7. The lowest BCUT2D eigenvalue weighted by Gasteiger charge is -2.25. The number of methoxy groups -OCH3 is 1. The Kier molecular flexibility index (Phi) is 4.70. The Balaban J connectivity index is 1.77. The molecule has 0 aromatic rings. The van der Waals surface area contributed by atoms with Crippen molar-refractivity contribution in [1.82, 2.24) is 0 Å². The minimum Gasteiger partial charge on any atom is -0.366 e. The Labute approximate surface area is 119 Å². The molecule has 2 fully saturated rings. The van der Waals surface area contributed by atoms with E-state index in [1.54, 1.807) is 34.8 Å². The van der Waals surface area contributed by atoms with Crippen molar-refractivity contribution in [3.8, 4) is 0 Å². The van der Waals surface area contributed by atoms with E-state index in [1.165, 1.54) is 0 Å². The van der Waals surface area contributed by atoms with Crippen LogP contribution >= 0.6 is 0 Å². The fraction of sp³-hybridized carbons (Fsp3) is 1.00. The fourth-order valence-corrected chi connectivity index (χ4v) is 2.20. The lowest BCUT2D eigenvalue weighted by Crippen LogP contribution is -2.34. The number of ether oxygens (including phenoxy) is 6. The number of aliphatic hydroxyl groups is 1. The second kappa shape index (κ2) is 5.84. The highest BCUT2D eigenvalue weighted by Gasteiger charge is 2.54. The first-order chi connectivity index (χ1) is 9.24. The van der Waals surface area contributed by atoms with Crippen molar-refractivity contribution in [2.24, 2.45) is 0 Å². The maximum absolute atomic E-state index is 9.79. The summed E-state index contributed by atoms with van der Waals surface area (Å²) in [7, 11) is 1.56. The van der Waals surface area contributed by atoms with E-state index >= 15 is 0 Å². The molecule has 2 aliphatic rings. The molecule has 0 radical (unpaired) electrons. The van der Waals surface area contributed by atoms with Crippen LogP contribution in [0.25, 0.3) is 0 Å². The van der Waals surface area contributed by atoms with Crippen LogP contribution in [-0.4, -0.2) is 61.8 Å². The molecule has 7 nitrogen and oxygen atoms in total. The van der Waals surface area contributed by atoms with Crippen LogP contribution in [0.1, 0.15) is 27.7 Å². The van der Waals surface area contributed by atoms with Crippen molar-refractivity contribution in [3.05, 3.63) is 0 Å². The smallest absolute Gasteiger partial charge is 0.184 e. The average molecular weight is 292 g/mol. The third-order valence-corrected chi connectivity index (χ3v) is 3.39. The van der Waals surface area contributed by atoms with Gasteiger partial charge in [-0.1, -0.05) is 0 Å². The van der Waals surface area contributed by atoms with Crippen molar-refractivity contribution in [1.29, 1.82) is 0 Å². The van der Waals surface area contributed by atoms with Gasteiger partial charge in [-0.3, -0.25) is 0 Å². The van der Waals surface area contributed by atoms with Gasteiger partial charge in [-0.15, -0.1) is 0 Å². The minimum atomic E-state index is -0.994. The fourth-order valence-electron chi connectivity index (χ4n) is 2.20. The molecule has 4 atom stereocenters. The van der Waals surface area contributed by atoms with Crippen molar-refractivity contribution in [2.75, 3.05) is 20.5 Å². The molecule has 0 spiro atoms. The Bertz CT molecular complexity index is 331. The van der Waals surface area contributed by atoms with E-state index in [-0.39, 0.29) is 25.6 Å². The van der Waals surface area contributed by atoms with E-state index in [4.69, 9.17) is 28.4 Å². The van der Waals surface area contributed by atoms with Crippen molar-refractivity contribution < 1.29 is 33.5 Å². The molecule has 0 aliphatic carbocycles. The highest BCUT2D eigenvalue weighted by atomic mass is 16.8. The first-order valence-corrected chi connectivity index (χ1v) is 6.70. The molecule has 1 unspecified atom stereocenters. The molecular weight excluding hydrogens is 268 g/mol. The highest BCUT2D eigenvalue weighted by molar-refractivity contribution is 4.94. The average Bonchev–Trinajstić information content (AvgIpc) is 2.81. The quantitative estimate of drug-likeness (QED) is 0.567. The summed E-state index contributed by atoms with van der Waals surface area (Å²) in [5.74, 6) is -1.42. The summed E-state index contributed by atoms with van der Waals surface area (Å²) in [6, 6.07) is 0. The van der Waals surface area contributed by atoms with Gasteiger partial charge in [-0.25, -0.2) is 0 Å². The number of hydrogen-bond donors (Lipinski definition) is 1. The van der Waals surface area contributed by atoms with Crippen LogP contribution in [-0.2, 0) is 28.4 Å². The summed E-state index contributed by atoms with van der Waals surface area (Å²) in [4.78, 5) is 0. The topological polar surface area (TPSA) is 75.6 Å². The molecule has 0 amide bonds. The zero-order chi connectivity index (χ0) is 15.0. The Morgan fingerprint density at radius 1 is 1.20 bits per heavy atom. The standard InChI is InChI=1S/C13H24O7/c1-12(2,15-5)17-7-16-6-8-9-10(11(14)18-8)20-13(3,4)19-9/h8-11,14H,6-7H2,1-5H3/t8-,9-,10-,11?/m1/s1. The predicted molar refractivity (Wildman–Crippen MR) is 67.7 cm³/mol. The van der Waals surface area contributed by atoms with Gasteiger partial charge in [-0.2, -0.15) is 0 Å². The maximum Gasteiger partial charge on any atom is 0.184 e. The second-order valence-electron chi connectivity index (χ2n) is 5.87. The van der Waals surface area contributed by atoms with E-state index in [0.29, 0.717) is 0 Å². The lowest BCUT2D eigenvalue weighted by molar-refractivity contribution is -0.255. The Morgan fingerprint density at radius 3 is 2.50 bits per heavy atom. The molecule has 0 aromatic carbocycles. The van der Waals surface area contributed by atoms with Gasteiger partial charge in [0.2, 0.25) is 0 Å². The normalized spacial score (nSPS) is 36.3. The summed E-state index contributed by atoms with van der Waals surface area (Å²) < 4.78 is 32.6. The van der Waals surface area contributed by atoms with Crippen molar-refractivity contribution >= 4 is 0 Å². The Morgan fingerprint density at radius 2 is 1.85 bits per heavy atom. The monoisotopic (exact) mass is 292 g/mol. The summed E-state index contributed by atoms with van der Waals surface area (Å²) in [6.45, 7) is 7.51. The summed E-state index contributed by atoms with van der Waals surface area (Å²) >= 11 is 0. The lowest BCUT2D eigenvalue weighted by atomic mass is 10.1. The van der Waals surface area contributed by atoms with Gasteiger partial charge < -0.3 is 33.5 Å². The van der Waals surface area contributed by atoms with Gasteiger partial charge in [-0.05, 0) is 27.7 Å². The van der Waals surface area contributed by atoms with Crippen molar-refractivity contribution in [2.45, 2.75) is 63.9 Å².